The van der Waals surface area contributed by atoms with Crippen LogP contribution >= 0.6 is 0 Å². The predicted molar refractivity (Wildman–Crippen MR) is 128 cm³/mol. The Labute approximate surface area is 195 Å². The van der Waals surface area contributed by atoms with E-state index < -0.39 is 0 Å². The van der Waals surface area contributed by atoms with Crippen molar-refractivity contribution in [2.45, 2.75) is 13.8 Å². The van der Waals surface area contributed by atoms with Crippen LogP contribution in [0.1, 0.15) is 25.0 Å². The molecule has 0 fully saturated rings. The fraction of sp³-hybridized carbons (Fsp3) is 0.238. The van der Waals surface area contributed by atoms with Gasteiger partial charge in [0, 0.05) is 26.8 Å². The summed E-state index contributed by atoms with van der Waals surface area (Å²) >= 11 is 4.70. The first-order valence-corrected chi connectivity index (χ1v) is 9.26. The molecule has 1 radical (unpaired) electrons. The van der Waals surface area contributed by atoms with Gasteiger partial charge in [-0.05, 0) is 42.3 Å². The van der Waals surface area contributed by atoms with Gasteiger partial charge in [-0.3, -0.25) is 10.4 Å². The van der Waals surface area contributed by atoms with Crippen LogP contribution in [-0.2, 0) is 29.7 Å². The number of benzene rings is 1. The Hall–Kier alpha value is -2.74. The molecule has 0 aliphatic carbocycles. The Kier molecular flexibility index (Phi) is 13.0. The Morgan fingerprint density at radius 1 is 1.10 bits per heavy atom. The molecule has 0 amide bonds. The third-order valence-corrected chi connectivity index (χ3v) is 4.00. The number of hydrogen-bond donors (Lipinski definition) is 2. The summed E-state index contributed by atoms with van der Waals surface area (Å²) in [5, 5.41) is 11.3. The Balaban J connectivity index is 0.000000612. The van der Waals surface area contributed by atoms with Gasteiger partial charge >= 0.3 is 17.1 Å². The molecule has 9 heteroatoms. The molecule has 1 aromatic carbocycles. The van der Waals surface area contributed by atoms with Gasteiger partial charge in [-0.1, -0.05) is 48.4 Å². The molecule has 0 unspecified atom stereocenters. The fourth-order valence-electron chi connectivity index (χ4n) is 1.85. The third kappa shape index (κ3) is 10.7. The number of rotatable bonds is 5. The maximum atomic E-state index is 7.31. The van der Waals surface area contributed by atoms with E-state index in [0.29, 0.717) is 22.4 Å². The topological polar surface area (TPSA) is 101 Å². The van der Waals surface area contributed by atoms with Crippen molar-refractivity contribution < 1.29 is 17.1 Å². The summed E-state index contributed by atoms with van der Waals surface area (Å²) in [6, 6.07) is 11.9. The van der Waals surface area contributed by atoms with Crippen LogP contribution in [0.3, 0.4) is 0 Å². The average molecular weight is 473 g/mol. The molecule has 1 aromatic heterocycles. The zero-order chi connectivity index (χ0) is 21.8. The summed E-state index contributed by atoms with van der Waals surface area (Å²) in [7, 11) is 5.63. The third-order valence-electron chi connectivity index (χ3n) is 3.73. The molecule has 0 atom stereocenters. The predicted octanol–water partition coefficient (Wildman–Crippen LogP) is 4.52. The van der Waals surface area contributed by atoms with Crippen LogP contribution in [0, 0.1) is 5.41 Å². The van der Waals surface area contributed by atoms with Gasteiger partial charge in [0.2, 0.25) is 0 Å². The maximum Gasteiger partial charge on any atom is 2.00 e. The largest absolute Gasteiger partial charge is 2.00 e. The van der Waals surface area contributed by atoms with Crippen molar-refractivity contribution >= 4 is 52.9 Å². The van der Waals surface area contributed by atoms with Crippen LogP contribution in [0.5, 0.6) is 0 Å². The summed E-state index contributed by atoms with van der Waals surface area (Å²) < 4.78 is 0. The number of hydrazone groups is 1. The SMILES string of the molecule is CN(C)c1ccc(/C=C/c2ccc([NH-])nc2)cc1.CN=C([S-])N/N=C(\C)C(C)=N.[64Cu+2]. The number of pyridine rings is 1. The van der Waals surface area contributed by atoms with E-state index in [2.05, 4.69) is 49.7 Å². The molecule has 0 aliphatic heterocycles. The van der Waals surface area contributed by atoms with E-state index in [9.17, 15) is 0 Å². The minimum absolute atomic E-state index is 0. The average Bonchev–Trinajstić information content (AvgIpc) is 2.72. The molecule has 0 bridgehead atoms. The first-order valence-electron chi connectivity index (χ1n) is 8.85. The quantitative estimate of drug-likeness (QED) is 0.219. The fourth-order valence-corrected chi connectivity index (χ4v) is 1.89. The van der Waals surface area contributed by atoms with Crippen LogP contribution in [0.15, 0.2) is 52.7 Å². The van der Waals surface area contributed by atoms with Gasteiger partial charge in [0.05, 0.1) is 11.4 Å². The molecule has 30 heavy (non-hydrogen) atoms. The van der Waals surface area contributed by atoms with E-state index in [4.69, 9.17) is 23.8 Å². The normalized spacial score (nSPS) is 11.2. The van der Waals surface area contributed by atoms with Crippen molar-refractivity contribution in [3.8, 4) is 0 Å². The van der Waals surface area contributed by atoms with Crippen molar-refractivity contribution in [3.63, 3.8) is 0 Å². The molecule has 0 aliphatic rings. The van der Waals surface area contributed by atoms with Crippen molar-refractivity contribution in [2.75, 3.05) is 26.0 Å². The van der Waals surface area contributed by atoms with E-state index in [1.165, 1.54) is 5.69 Å². The number of hydrogen-bond acceptors (Lipinski definition) is 6. The molecule has 1 heterocycles. The van der Waals surface area contributed by atoms with E-state index >= 15 is 0 Å². The van der Waals surface area contributed by atoms with Crippen molar-refractivity contribution in [1.29, 1.82) is 5.41 Å². The van der Waals surface area contributed by atoms with Gasteiger partial charge < -0.3 is 33.7 Å². The van der Waals surface area contributed by atoms with Gasteiger partial charge in [-0.2, -0.15) is 5.10 Å². The zero-order valence-corrected chi connectivity index (χ0v) is 19.5. The Morgan fingerprint density at radius 3 is 2.13 bits per heavy atom. The maximum absolute atomic E-state index is 7.31. The van der Waals surface area contributed by atoms with Crippen molar-refractivity contribution in [1.82, 2.24) is 10.4 Å². The summed E-state index contributed by atoms with van der Waals surface area (Å²) in [5.74, 6) is 0.294. The summed E-state index contributed by atoms with van der Waals surface area (Å²) in [6.45, 7) is 3.39. The van der Waals surface area contributed by atoms with Gasteiger partial charge in [0.1, 0.15) is 0 Å². The van der Waals surface area contributed by atoms with Crippen LogP contribution in [0.25, 0.3) is 17.9 Å². The molecule has 163 valence electrons. The van der Waals surface area contributed by atoms with E-state index in [1.54, 1.807) is 33.2 Å². The van der Waals surface area contributed by atoms with Crippen LogP contribution in [-0.4, -0.2) is 42.7 Å². The molecule has 2 rings (SSSR count). The van der Waals surface area contributed by atoms with E-state index in [-0.39, 0.29) is 17.1 Å². The van der Waals surface area contributed by atoms with Crippen LogP contribution < -0.4 is 10.3 Å². The first kappa shape index (κ1) is 27.3. The zero-order valence-electron chi connectivity index (χ0n) is 17.7. The second-order valence-electron chi connectivity index (χ2n) is 6.26. The number of nitrogens with zero attached hydrogens (tertiary/aromatic N) is 4. The standard InChI is InChI=1S/C15H16N3.C6H12N4S.Cu/c1-18(2)14-8-5-12(6-9-14)3-4-13-7-10-15(16)17-11-13;1-4(7)5(2)9-10-6(11)8-3;/h3-11H,1-2H3,(H-,16,17);7H,1-3H3,(H2,8,10,11);/q-1;;+2/p-1/b4-3+;7-4?,9-5+;/i;;1+0. The first-order chi connectivity index (χ1) is 13.7. The molecular weight excluding hydrogens is 446 g/mol. The van der Waals surface area contributed by atoms with Crippen LogP contribution in [0.4, 0.5) is 11.5 Å². The minimum atomic E-state index is 0. The number of anilines is 1. The van der Waals surface area contributed by atoms with E-state index in [0.717, 1.165) is 11.1 Å². The van der Waals surface area contributed by atoms with Gasteiger partial charge in [0.15, 0.2) is 0 Å². The summed E-state index contributed by atoms with van der Waals surface area (Å²) in [6.07, 6.45) is 5.74. The number of aromatic nitrogens is 1. The number of aliphatic imine (C=N–C) groups is 1. The Bertz CT molecular complexity index is 873. The summed E-state index contributed by atoms with van der Waals surface area (Å²) in [4.78, 5) is 9.67. The van der Waals surface area contributed by atoms with Gasteiger partial charge in [-0.15, -0.1) is 0 Å². The second-order valence-corrected chi connectivity index (χ2v) is 6.65. The smallest absolute Gasteiger partial charge is 0.741 e. The number of amidine groups is 1. The molecule has 7 nitrogen and oxygen atoms in total. The molecule has 3 N–H and O–H groups in total. The van der Waals surface area contributed by atoms with Crippen molar-refractivity contribution in [2.24, 2.45) is 10.1 Å². The summed E-state index contributed by atoms with van der Waals surface area (Å²) in [5.41, 5.74) is 14.2. The monoisotopic (exact) mass is 473 g/mol. The minimum Gasteiger partial charge on any atom is -0.741 e. The Morgan fingerprint density at radius 2 is 1.67 bits per heavy atom. The van der Waals surface area contributed by atoms with Crippen LogP contribution in [0.2, 0.25) is 0 Å². The number of nitrogens with one attached hydrogen (secondary N) is 3. The molecule has 0 saturated carbocycles. The second kappa shape index (κ2) is 14.3. The molecule has 0 saturated heterocycles. The molecular formula is C21H27CuN7S. The van der Waals surface area contributed by atoms with Gasteiger partial charge in [0.25, 0.3) is 0 Å². The molecule has 0 spiro atoms. The van der Waals surface area contributed by atoms with Crippen molar-refractivity contribution in [3.05, 3.63) is 59.5 Å². The van der Waals surface area contributed by atoms with E-state index in [1.807, 2.05) is 32.3 Å². The molecule has 2 aromatic rings. The van der Waals surface area contributed by atoms with Gasteiger partial charge in [-0.25, -0.2) is 0 Å².